The SMILES string of the molecule is CC[C@@H]1C[C@@H]2CC[C@H]1Cc1cc(cc3ccccc13)Cc1cc(cc(OC)c1O)/C=C\C(=O)CC2=O. The maximum absolute atomic E-state index is 13.0. The van der Waals surface area contributed by atoms with Gasteiger partial charge in [0.15, 0.2) is 17.3 Å². The van der Waals surface area contributed by atoms with Gasteiger partial charge in [-0.2, -0.15) is 0 Å². The van der Waals surface area contributed by atoms with E-state index in [2.05, 4.69) is 43.3 Å². The summed E-state index contributed by atoms with van der Waals surface area (Å²) < 4.78 is 5.43. The van der Waals surface area contributed by atoms with Crippen molar-refractivity contribution in [1.82, 2.24) is 0 Å². The summed E-state index contributed by atoms with van der Waals surface area (Å²) in [6, 6.07) is 16.6. The molecule has 0 radical (unpaired) electrons. The minimum Gasteiger partial charge on any atom is -0.504 e. The van der Waals surface area contributed by atoms with Crippen LogP contribution in [0.25, 0.3) is 16.8 Å². The predicted molar refractivity (Wildman–Crippen MR) is 143 cm³/mol. The lowest BCUT2D eigenvalue weighted by atomic mass is 9.69. The fourth-order valence-corrected chi connectivity index (χ4v) is 6.26. The summed E-state index contributed by atoms with van der Waals surface area (Å²) in [6.07, 6.45) is 8.48. The summed E-state index contributed by atoms with van der Waals surface area (Å²) in [4.78, 5) is 25.7. The molecule has 1 fully saturated rings. The normalized spacial score (nSPS) is 23.4. The number of carbonyl (C=O) groups is 2. The van der Waals surface area contributed by atoms with Gasteiger partial charge in [-0.05, 0) is 83.2 Å². The van der Waals surface area contributed by atoms with E-state index < -0.39 is 0 Å². The molecule has 186 valence electrons. The van der Waals surface area contributed by atoms with E-state index in [1.54, 1.807) is 12.1 Å². The lowest BCUT2D eigenvalue weighted by molar-refractivity contribution is -0.128. The molecule has 0 heterocycles. The number of phenolic OH excluding ortho intramolecular Hbond substituents is 1. The molecule has 4 heteroatoms. The van der Waals surface area contributed by atoms with E-state index >= 15 is 0 Å². The fourth-order valence-electron chi connectivity index (χ4n) is 6.26. The number of Topliss-reactive ketones (excluding diaryl/α,β-unsaturated/α-hetero) is 1. The summed E-state index contributed by atoms with van der Waals surface area (Å²) in [5.41, 5.74) is 3.98. The average molecular weight is 483 g/mol. The Morgan fingerprint density at radius 2 is 1.81 bits per heavy atom. The molecule has 6 bridgehead atoms. The number of fused-ring (bicyclic) bond motifs is 6. The van der Waals surface area contributed by atoms with Crippen molar-refractivity contribution in [2.24, 2.45) is 17.8 Å². The van der Waals surface area contributed by atoms with Crippen molar-refractivity contribution in [3.05, 3.63) is 76.9 Å². The average Bonchev–Trinajstić information content (AvgIpc) is 2.88. The third-order valence-corrected chi connectivity index (χ3v) is 8.21. The third-order valence-electron chi connectivity index (χ3n) is 8.21. The monoisotopic (exact) mass is 482 g/mol. The second-order valence-corrected chi connectivity index (χ2v) is 10.5. The summed E-state index contributed by atoms with van der Waals surface area (Å²) in [5.74, 6) is 1.35. The van der Waals surface area contributed by atoms with Crippen molar-refractivity contribution in [1.29, 1.82) is 0 Å². The lowest BCUT2D eigenvalue weighted by Crippen LogP contribution is -2.31. The standard InChI is InChI=1S/C32H34O4/c1-3-22-17-25-10-9-23(22)18-26-14-21(13-24-6-4-5-7-29(24)26)15-27-12-20(16-31(36-2)32(27)35)8-11-28(33)19-30(25)34/h4-8,11-14,16,22-23,25,35H,3,9-10,15,17-19H2,1-2H3/b11-8-/t22-,23+,25+/m1/s1. The highest BCUT2D eigenvalue weighted by Gasteiger charge is 2.33. The number of aromatic hydroxyl groups is 1. The zero-order valence-electron chi connectivity index (χ0n) is 21.1. The number of carbonyl (C=O) groups excluding carboxylic acids is 2. The van der Waals surface area contributed by atoms with Crippen molar-refractivity contribution in [2.45, 2.75) is 51.9 Å². The van der Waals surface area contributed by atoms with Gasteiger partial charge in [-0.25, -0.2) is 0 Å². The van der Waals surface area contributed by atoms with Gasteiger partial charge in [0.2, 0.25) is 0 Å². The molecule has 0 aliphatic heterocycles. The number of ether oxygens (including phenoxy) is 1. The number of benzene rings is 3. The molecule has 3 aliphatic carbocycles. The minimum atomic E-state index is -0.175. The summed E-state index contributed by atoms with van der Waals surface area (Å²) in [6.45, 7) is 2.22. The summed E-state index contributed by atoms with van der Waals surface area (Å²) in [5, 5.41) is 13.4. The highest BCUT2D eigenvalue weighted by molar-refractivity contribution is 6.06. The first-order chi connectivity index (χ1) is 17.4. The molecule has 0 unspecified atom stereocenters. The number of allylic oxidation sites excluding steroid dienone is 1. The van der Waals surface area contributed by atoms with Gasteiger partial charge in [0.05, 0.1) is 13.5 Å². The Morgan fingerprint density at radius 3 is 2.61 bits per heavy atom. The second-order valence-electron chi connectivity index (χ2n) is 10.5. The maximum atomic E-state index is 13.0. The number of phenols is 1. The topological polar surface area (TPSA) is 63.6 Å². The molecule has 1 saturated carbocycles. The van der Waals surface area contributed by atoms with Gasteiger partial charge >= 0.3 is 0 Å². The predicted octanol–water partition coefficient (Wildman–Crippen LogP) is 6.68. The van der Waals surface area contributed by atoms with Crippen LogP contribution in [0.15, 0.2) is 54.6 Å². The van der Waals surface area contributed by atoms with Crippen LogP contribution in [0, 0.1) is 17.8 Å². The first kappa shape index (κ1) is 24.3. The van der Waals surface area contributed by atoms with E-state index in [4.69, 9.17) is 4.74 Å². The summed E-state index contributed by atoms with van der Waals surface area (Å²) in [7, 11) is 1.53. The van der Waals surface area contributed by atoms with Gasteiger partial charge in [-0.3, -0.25) is 9.59 Å². The van der Waals surface area contributed by atoms with E-state index in [-0.39, 0.29) is 29.7 Å². The number of methoxy groups -OCH3 is 1. The molecule has 36 heavy (non-hydrogen) atoms. The van der Waals surface area contributed by atoms with Gasteiger partial charge in [0, 0.05) is 17.9 Å². The van der Waals surface area contributed by atoms with Crippen molar-refractivity contribution in [2.75, 3.05) is 7.11 Å². The lowest BCUT2D eigenvalue weighted by Gasteiger charge is -2.35. The number of hydrogen-bond acceptors (Lipinski definition) is 4. The Hall–Kier alpha value is -3.40. The van der Waals surface area contributed by atoms with E-state index in [0.29, 0.717) is 24.0 Å². The van der Waals surface area contributed by atoms with Gasteiger partial charge < -0.3 is 9.84 Å². The molecule has 0 saturated heterocycles. The second kappa shape index (κ2) is 10.3. The highest BCUT2D eigenvalue weighted by atomic mass is 16.5. The molecular weight excluding hydrogens is 448 g/mol. The molecule has 4 nitrogen and oxygen atoms in total. The molecule has 0 amide bonds. The van der Waals surface area contributed by atoms with Gasteiger partial charge in [-0.15, -0.1) is 0 Å². The molecule has 3 atom stereocenters. The Bertz CT molecular complexity index is 1340. The maximum Gasteiger partial charge on any atom is 0.163 e. The van der Waals surface area contributed by atoms with Gasteiger partial charge in [-0.1, -0.05) is 55.8 Å². The Morgan fingerprint density at radius 1 is 0.972 bits per heavy atom. The van der Waals surface area contributed by atoms with Crippen LogP contribution in [0.5, 0.6) is 11.5 Å². The molecular formula is C32H34O4. The van der Waals surface area contributed by atoms with Gasteiger partial charge in [0.1, 0.15) is 5.78 Å². The van der Waals surface area contributed by atoms with Crippen molar-refractivity contribution in [3.63, 3.8) is 0 Å². The largest absolute Gasteiger partial charge is 0.504 e. The number of hydrogen-bond donors (Lipinski definition) is 1. The quantitative estimate of drug-likeness (QED) is 0.414. The Kier molecular flexibility index (Phi) is 6.95. The van der Waals surface area contributed by atoms with Crippen LogP contribution >= 0.6 is 0 Å². The summed E-state index contributed by atoms with van der Waals surface area (Å²) >= 11 is 0. The van der Waals surface area contributed by atoms with Crippen LogP contribution < -0.4 is 4.74 Å². The zero-order chi connectivity index (χ0) is 25.2. The van der Waals surface area contributed by atoms with Crippen LogP contribution in [0.3, 0.4) is 0 Å². The van der Waals surface area contributed by atoms with Gasteiger partial charge in [0.25, 0.3) is 0 Å². The Labute approximate surface area is 213 Å². The molecule has 1 N–H and O–H groups in total. The van der Waals surface area contributed by atoms with Crippen LogP contribution in [0.4, 0.5) is 0 Å². The Balaban J connectivity index is 1.64. The van der Waals surface area contributed by atoms with E-state index in [1.165, 1.54) is 29.5 Å². The molecule has 3 aliphatic rings. The minimum absolute atomic E-state index is 0.0253. The molecule has 0 spiro atoms. The smallest absolute Gasteiger partial charge is 0.163 e. The van der Waals surface area contributed by atoms with Crippen molar-refractivity contribution in [3.8, 4) is 11.5 Å². The molecule has 0 aromatic heterocycles. The van der Waals surface area contributed by atoms with Crippen LogP contribution in [-0.4, -0.2) is 23.8 Å². The fraction of sp³-hybridized carbons (Fsp3) is 0.375. The number of rotatable bonds is 2. The first-order valence-corrected chi connectivity index (χ1v) is 13.1. The van der Waals surface area contributed by atoms with Crippen molar-refractivity contribution >= 4 is 28.4 Å². The van der Waals surface area contributed by atoms with Crippen LogP contribution in [-0.2, 0) is 22.4 Å². The van der Waals surface area contributed by atoms with Crippen LogP contribution in [0.2, 0.25) is 0 Å². The molecule has 3 aromatic rings. The highest BCUT2D eigenvalue weighted by Crippen LogP contribution is 2.40. The van der Waals surface area contributed by atoms with Crippen LogP contribution in [0.1, 0.15) is 61.3 Å². The molecule has 6 rings (SSSR count). The van der Waals surface area contributed by atoms with E-state index in [9.17, 15) is 14.7 Å². The zero-order valence-corrected chi connectivity index (χ0v) is 21.1. The van der Waals surface area contributed by atoms with E-state index in [1.807, 2.05) is 6.07 Å². The molecule has 3 aromatic carbocycles. The third kappa shape index (κ3) is 4.95. The first-order valence-electron chi connectivity index (χ1n) is 13.1. The van der Waals surface area contributed by atoms with E-state index in [0.717, 1.165) is 48.8 Å². The van der Waals surface area contributed by atoms with Crippen molar-refractivity contribution < 1.29 is 19.4 Å². The number of ketones is 2.